The average Bonchev–Trinajstić information content (AvgIpc) is 2.55. The van der Waals surface area contributed by atoms with Gasteiger partial charge in [0, 0.05) is 5.56 Å². The van der Waals surface area contributed by atoms with Crippen molar-refractivity contribution < 1.29 is 37.5 Å². The summed E-state index contributed by atoms with van der Waals surface area (Å²) in [5, 5.41) is 18.0. The third-order valence-electron chi connectivity index (χ3n) is 3.05. The van der Waals surface area contributed by atoms with E-state index in [1.165, 1.54) is 12.1 Å². The molecule has 0 saturated carbocycles. The molecule has 128 valence electrons. The predicted octanol–water partition coefficient (Wildman–Crippen LogP) is 0.821. The van der Waals surface area contributed by atoms with Crippen LogP contribution in [0.5, 0.6) is 11.5 Å². The molecular weight excluding hydrogens is 340 g/mol. The highest BCUT2D eigenvalue weighted by atomic mass is 32.2. The van der Waals surface area contributed by atoms with E-state index in [0.29, 0.717) is 0 Å². The summed E-state index contributed by atoms with van der Waals surface area (Å²) in [6, 6.07) is 10.1. The lowest BCUT2D eigenvalue weighted by atomic mass is 10.0. The highest BCUT2D eigenvalue weighted by Crippen LogP contribution is 2.38. The Kier molecular flexibility index (Phi) is 5.52. The van der Waals surface area contributed by atoms with E-state index in [1.54, 1.807) is 18.2 Å². The molecule has 0 fully saturated rings. The minimum atomic E-state index is -4.71. The summed E-state index contributed by atoms with van der Waals surface area (Å²) in [4.78, 5) is 11.9. The van der Waals surface area contributed by atoms with Gasteiger partial charge in [-0.05, 0) is 12.1 Å². The summed E-state index contributed by atoms with van der Waals surface area (Å²) in [6.45, 7) is -1.82. The fraction of sp³-hybridized carbons (Fsp3) is 0.133. The maximum absolute atomic E-state index is 12.6. The molecule has 2 aromatic rings. The number of hydrogen-bond donors (Lipinski definition) is 3. The molecule has 0 unspecified atom stereocenters. The summed E-state index contributed by atoms with van der Waals surface area (Å²) in [6.07, 6.45) is 0. The van der Waals surface area contributed by atoms with Crippen LogP contribution in [0.1, 0.15) is 15.9 Å². The van der Waals surface area contributed by atoms with Gasteiger partial charge in [0.25, 0.3) is 10.1 Å². The normalized spacial score (nSPS) is 11.1. The van der Waals surface area contributed by atoms with Crippen molar-refractivity contribution in [3.8, 4) is 11.5 Å². The van der Waals surface area contributed by atoms with E-state index in [9.17, 15) is 17.8 Å². The van der Waals surface area contributed by atoms with Gasteiger partial charge in [0.1, 0.15) is 4.90 Å². The Hall–Kier alpha value is -2.46. The monoisotopic (exact) mass is 354 g/mol. The van der Waals surface area contributed by atoms with E-state index in [4.69, 9.17) is 19.7 Å². The first-order chi connectivity index (χ1) is 11.4. The summed E-state index contributed by atoms with van der Waals surface area (Å²) in [5.41, 5.74) is 0.181. The molecule has 2 rings (SSSR count). The number of aliphatic hydroxyl groups is 2. The molecule has 3 N–H and O–H groups in total. The standard InChI is InChI=1S/C15H14O8S/c16-8-22-14-11(13(18)10-4-2-1-3-5-10)6-7-12(24(19,20)21)15(14)23-9-17/h1-7,16-17H,8-9H2,(H,19,20,21). The fourth-order valence-corrected chi connectivity index (χ4v) is 2.71. The molecule has 0 spiro atoms. The van der Waals surface area contributed by atoms with Crippen molar-refractivity contribution in [1.82, 2.24) is 0 Å². The second-order valence-electron chi connectivity index (χ2n) is 4.49. The Balaban J connectivity index is 2.68. The molecule has 8 nitrogen and oxygen atoms in total. The van der Waals surface area contributed by atoms with Gasteiger partial charge in [-0.3, -0.25) is 9.35 Å². The van der Waals surface area contributed by atoms with Crippen LogP contribution < -0.4 is 9.47 Å². The first-order valence-corrected chi connectivity index (χ1v) is 8.05. The second-order valence-corrected chi connectivity index (χ2v) is 5.88. The number of hydrogen-bond acceptors (Lipinski definition) is 7. The van der Waals surface area contributed by atoms with E-state index in [0.717, 1.165) is 12.1 Å². The molecule has 24 heavy (non-hydrogen) atoms. The van der Waals surface area contributed by atoms with E-state index in [1.807, 2.05) is 0 Å². The van der Waals surface area contributed by atoms with Crippen LogP contribution in [0.15, 0.2) is 47.4 Å². The summed E-state index contributed by atoms with van der Waals surface area (Å²) < 4.78 is 41.8. The van der Waals surface area contributed by atoms with Gasteiger partial charge >= 0.3 is 0 Å². The minimum absolute atomic E-state index is 0.105. The molecule has 0 saturated heterocycles. The van der Waals surface area contributed by atoms with Crippen LogP contribution in [0, 0.1) is 0 Å². The van der Waals surface area contributed by atoms with E-state index < -0.39 is 45.9 Å². The molecule has 0 bridgehead atoms. The Morgan fingerprint density at radius 3 is 2.04 bits per heavy atom. The van der Waals surface area contributed by atoms with E-state index >= 15 is 0 Å². The zero-order valence-electron chi connectivity index (χ0n) is 12.2. The fourth-order valence-electron chi connectivity index (χ4n) is 2.08. The van der Waals surface area contributed by atoms with Crippen molar-refractivity contribution in [2.75, 3.05) is 13.6 Å². The largest absolute Gasteiger partial charge is 0.463 e. The van der Waals surface area contributed by atoms with Crippen molar-refractivity contribution in [2.24, 2.45) is 0 Å². The molecule has 0 aliphatic carbocycles. The quantitative estimate of drug-likeness (QED) is 0.378. The van der Waals surface area contributed by atoms with Gasteiger partial charge in [-0.25, -0.2) is 0 Å². The third-order valence-corrected chi connectivity index (χ3v) is 3.93. The van der Waals surface area contributed by atoms with Crippen LogP contribution in [0.4, 0.5) is 0 Å². The van der Waals surface area contributed by atoms with Crippen LogP contribution in [0.2, 0.25) is 0 Å². The summed E-state index contributed by atoms with van der Waals surface area (Å²) in [7, 11) is -4.71. The molecular formula is C15H14O8S. The SMILES string of the molecule is O=C(c1ccccc1)c1ccc(S(=O)(=O)O)c(OCO)c1OCO. The van der Waals surface area contributed by atoms with Crippen LogP contribution in [-0.2, 0) is 10.1 Å². The zero-order valence-corrected chi connectivity index (χ0v) is 13.1. The number of ether oxygens (including phenoxy) is 2. The first kappa shape index (κ1) is 17.9. The molecule has 9 heteroatoms. The Bertz CT molecular complexity index is 830. The number of ketones is 1. The Morgan fingerprint density at radius 1 is 0.917 bits per heavy atom. The van der Waals surface area contributed by atoms with Crippen LogP contribution in [0.25, 0.3) is 0 Å². The zero-order chi connectivity index (χ0) is 17.7. The minimum Gasteiger partial charge on any atom is -0.463 e. The molecule has 0 aromatic heterocycles. The van der Waals surface area contributed by atoms with Crippen molar-refractivity contribution in [3.05, 3.63) is 53.6 Å². The summed E-state index contributed by atoms with van der Waals surface area (Å²) >= 11 is 0. The third kappa shape index (κ3) is 3.71. The number of aliphatic hydroxyl groups excluding tert-OH is 2. The van der Waals surface area contributed by atoms with Crippen LogP contribution in [0.3, 0.4) is 0 Å². The highest BCUT2D eigenvalue weighted by Gasteiger charge is 2.27. The van der Waals surface area contributed by atoms with Gasteiger partial charge in [-0.15, -0.1) is 0 Å². The average molecular weight is 354 g/mol. The maximum Gasteiger partial charge on any atom is 0.298 e. The topological polar surface area (TPSA) is 130 Å². The molecule has 2 aromatic carbocycles. The van der Waals surface area contributed by atoms with E-state index in [2.05, 4.69) is 0 Å². The van der Waals surface area contributed by atoms with Crippen molar-refractivity contribution >= 4 is 15.9 Å². The molecule has 0 amide bonds. The van der Waals surface area contributed by atoms with Gasteiger partial charge in [-0.1, -0.05) is 30.3 Å². The molecule has 0 aliphatic rings. The molecule has 0 radical (unpaired) electrons. The van der Waals surface area contributed by atoms with Gasteiger partial charge in [0.05, 0.1) is 5.56 Å². The lowest BCUT2D eigenvalue weighted by Gasteiger charge is -2.16. The highest BCUT2D eigenvalue weighted by molar-refractivity contribution is 7.86. The van der Waals surface area contributed by atoms with Gasteiger partial charge < -0.3 is 19.7 Å². The lowest BCUT2D eigenvalue weighted by Crippen LogP contribution is -2.12. The lowest BCUT2D eigenvalue weighted by molar-refractivity contribution is 0.0705. The number of rotatable bonds is 7. The van der Waals surface area contributed by atoms with Crippen molar-refractivity contribution in [2.45, 2.75) is 4.90 Å². The molecule has 0 atom stereocenters. The van der Waals surface area contributed by atoms with Gasteiger partial charge in [0.2, 0.25) is 0 Å². The van der Waals surface area contributed by atoms with Gasteiger partial charge in [0.15, 0.2) is 30.9 Å². The van der Waals surface area contributed by atoms with Crippen molar-refractivity contribution in [1.29, 1.82) is 0 Å². The molecule has 0 heterocycles. The van der Waals surface area contributed by atoms with Gasteiger partial charge in [-0.2, -0.15) is 8.42 Å². The Morgan fingerprint density at radius 2 is 1.50 bits per heavy atom. The number of carbonyl (C=O) groups is 1. The maximum atomic E-state index is 12.6. The predicted molar refractivity (Wildman–Crippen MR) is 81.6 cm³/mol. The number of benzene rings is 2. The van der Waals surface area contributed by atoms with Crippen LogP contribution >= 0.6 is 0 Å². The van der Waals surface area contributed by atoms with E-state index in [-0.39, 0.29) is 11.1 Å². The first-order valence-electron chi connectivity index (χ1n) is 6.61. The Labute approximate surface area is 137 Å². The van der Waals surface area contributed by atoms with Crippen LogP contribution in [-0.4, -0.2) is 42.6 Å². The smallest absolute Gasteiger partial charge is 0.298 e. The second kappa shape index (κ2) is 7.41. The molecule has 0 aliphatic heterocycles. The number of carbonyl (C=O) groups excluding carboxylic acids is 1. The summed E-state index contributed by atoms with van der Waals surface area (Å²) in [5.74, 6) is -1.50. The van der Waals surface area contributed by atoms with Crippen molar-refractivity contribution in [3.63, 3.8) is 0 Å².